The van der Waals surface area contributed by atoms with Crippen LogP contribution in [0.5, 0.6) is 0 Å². The summed E-state index contributed by atoms with van der Waals surface area (Å²) in [4.78, 5) is 19.3. The Morgan fingerprint density at radius 1 is 1.19 bits per heavy atom. The average Bonchev–Trinajstić information content (AvgIpc) is 3.02. The molecule has 3 aromatic rings. The van der Waals surface area contributed by atoms with Crippen molar-refractivity contribution in [2.75, 3.05) is 0 Å². The first-order chi connectivity index (χ1) is 12.1. The van der Waals surface area contributed by atoms with Crippen LogP contribution in [0.4, 0.5) is 17.6 Å². The van der Waals surface area contributed by atoms with Crippen LogP contribution in [0.15, 0.2) is 35.3 Å². The molecule has 136 valence electrons. The zero-order chi connectivity index (χ0) is 19.1. The highest BCUT2D eigenvalue weighted by Crippen LogP contribution is 2.31. The average molecular weight is 367 g/mol. The number of halogens is 4. The molecule has 6 nitrogen and oxygen atoms in total. The SMILES string of the molecule is Cc1nc(-c2cnn([C@@H](C)c3ccc(C(F)(F)F)cc3F)n2)cc(=O)[nH]1. The molecule has 0 fully saturated rings. The molecule has 0 radical (unpaired) electrons. The first kappa shape index (κ1) is 17.8. The molecule has 0 amide bonds. The summed E-state index contributed by atoms with van der Waals surface area (Å²) in [6.45, 7) is 3.15. The van der Waals surface area contributed by atoms with E-state index in [0.717, 1.165) is 16.9 Å². The Morgan fingerprint density at radius 3 is 2.54 bits per heavy atom. The minimum Gasteiger partial charge on any atom is -0.311 e. The second-order valence-corrected chi connectivity index (χ2v) is 5.68. The van der Waals surface area contributed by atoms with E-state index in [1.807, 2.05) is 0 Å². The molecule has 2 heterocycles. The number of hydrogen-bond acceptors (Lipinski definition) is 4. The summed E-state index contributed by atoms with van der Waals surface area (Å²) in [6.07, 6.45) is -3.27. The summed E-state index contributed by atoms with van der Waals surface area (Å²) in [5.74, 6) is -0.611. The quantitative estimate of drug-likeness (QED) is 0.722. The predicted octanol–water partition coefficient (Wildman–Crippen LogP) is 3.10. The van der Waals surface area contributed by atoms with E-state index in [1.54, 1.807) is 13.8 Å². The molecule has 0 saturated carbocycles. The van der Waals surface area contributed by atoms with Gasteiger partial charge in [0.2, 0.25) is 0 Å². The maximum atomic E-state index is 14.1. The van der Waals surface area contributed by atoms with Gasteiger partial charge in [0.1, 0.15) is 17.3 Å². The Morgan fingerprint density at radius 2 is 1.92 bits per heavy atom. The van der Waals surface area contributed by atoms with Crippen molar-refractivity contribution in [2.45, 2.75) is 26.1 Å². The van der Waals surface area contributed by atoms with Crippen LogP contribution in [0.25, 0.3) is 11.4 Å². The number of alkyl halides is 3. The smallest absolute Gasteiger partial charge is 0.311 e. The fraction of sp³-hybridized carbons (Fsp3) is 0.250. The van der Waals surface area contributed by atoms with Gasteiger partial charge in [-0.05, 0) is 26.0 Å². The lowest BCUT2D eigenvalue weighted by molar-refractivity contribution is -0.137. The van der Waals surface area contributed by atoms with E-state index in [1.165, 1.54) is 12.3 Å². The van der Waals surface area contributed by atoms with E-state index in [-0.39, 0.29) is 16.8 Å². The molecule has 0 aliphatic rings. The Labute approximate surface area is 144 Å². The van der Waals surface area contributed by atoms with Crippen LogP contribution in [-0.2, 0) is 6.18 Å². The van der Waals surface area contributed by atoms with Gasteiger partial charge in [0.15, 0.2) is 0 Å². The summed E-state index contributed by atoms with van der Waals surface area (Å²) in [5.41, 5.74) is -0.835. The van der Waals surface area contributed by atoms with E-state index in [0.29, 0.717) is 17.6 Å². The van der Waals surface area contributed by atoms with Crippen LogP contribution >= 0.6 is 0 Å². The maximum Gasteiger partial charge on any atom is 0.416 e. The molecule has 1 N–H and O–H groups in total. The van der Waals surface area contributed by atoms with Gasteiger partial charge in [0.25, 0.3) is 5.56 Å². The van der Waals surface area contributed by atoms with Gasteiger partial charge >= 0.3 is 6.18 Å². The van der Waals surface area contributed by atoms with Gasteiger partial charge < -0.3 is 4.98 Å². The number of nitrogens with zero attached hydrogens (tertiary/aromatic N) is 4. The fourth-order valence-corrected chi connectivity index (χ4v) is 2.46. The molecule has 1 aromatic carbocycles. The van der Waals surface area contributed by atoms with Gasteiger partial charge in [-0.1, -0.05) is 6.07 Å². The van der Waals surface area contributed by atoms with Gasteiger partial charge in [-0.15, -0.1) is 0 Å². The van der Waals surface area contributed by atoms with Crippen LogP contribution in [0, 0.1) is 12.7 Å². The van der Waals surface area contributed by atoms with Crippen molar-refractivity contribution in [1.82, 2.24) is 25.0 Å². The van der Waals surface area contributed by atoms with E-state index in [4.69, 9.17) is 0 Å². The second-order valence-electron chi connectivity index (χ2n) is 5.68. The number of hydrogen-bond donors (Lipinski definition) is 1. The molecule has 0 saturated heterocycles. The summed E-state index contributed by atoms with van der Waals surface area (Å²) >= 11 is 0. The number of aromatic amines is 1. The summed E-state index contributed by atoms with van der Waals surface area (Å²) < 4.78 is 52.1. The lowest BCUT2D eigenvalue weighted by Crippen LogP contribution is -2.14. The number of rotatable bonds is 3. The number of benzene rings is 1. The molecule has 1 atom stereocenters. The summed E-state index contributed by atoms with van der Waals surface area (Å²) in [5, 5.41) is 8.16. The van der Waals surface area contributed by atoms with Crippen molar-refractivity contribution >= 4 is 0 Å². The van der Waals surface area contributed by atoms with Crippen molar-refractivity contribution in [2.24, 2.45) is 0 Å². The minimum absolute atomic E-state index is 0.00944. The van der Waals surface area contributed by atoms with E-state index in [9.17, 15) is 22.4 Å². The molecule has 3 rings (SSSR count). The van der Waals surface area contributed by atoms with Gasteiger partial charge in [0.05, 0.1) is 23.5 Å². The number of nitrogens with one attached hydrogen (secondary N) is 1. The fourth-order valence-electron chi connectivity index (χ4n) is 2.46. The normalized spacial score (nSPS) is 13.0. The minimum atomic E-state index is -4.62. The highest BCUT2D eigenvalue weighted by molar-refractivity contribution is 5.51. The van der Waals surface area contributed by atoms with Crippen molar-refractivity contribution in [3.05, 3.63) is 63.6 Å². The third-order valence-electron chi connectivity index (χ3n) is 3.76. The van der Waals surface area contributed by atoms with Gasteiger partial charge in [-0.2, -0.15) is 28.2 Å². The van der Waals surface area contributed by atoms with Gasteiger partial charge in [-0.25, -0.2) is 9.37 Å². The predicted molar refractivity (Wildman–Crippen MR) is 83.8 cm³/mol. The van der Waals surface area contributed by atoms with E-state index in [2.05, 4.69) is 20.2 Å². The Kier molecular flexibility index (Phi) is 4.34. The third kappa shape index (κ3) is 3.48. The third-order valence-corrected chi connectivity index (χ3v) is 3.76. The molecule has 0 aliphatic carbocycles. The lowest BCUT2D eigenvalue weighted by atomic mass is 10.1. The van der Waals surface area contributed by atoms with E-state index < -0.39 is 23.6 Å². The molecule has 0 unspecified atom stereocenters. The Balaban J connectivity index is 1.93. The molecule has 0 bridgehead atoms. The van der Waals surface area contributed by atoms with Crippen LogP contribution in [0.1, 0.15) is 29.9 Å². The molecule has 26 heavy (non-hydrogen) atoms. The highest BCUT2D eigenvalue weighted by atomic mass is 19.4. The van der Waals surface area contributed by atoms with Crippen molar-refractivity contribution < 1.29 is 17.6 Å². The summed E-state index contributed by atoms with van der Waals surface area (Å²) in [6, 6.07) is 2.79. The number of aromatic nitrogens is 5. The summed E-state index contributed by atoms with van der Waals surface area (Å²) in [7, 11) is 0. The topological polar surface area (TPSA) is 76.5 Å². The van der Waals surface area contributed by atoms with Crippen LogP contribution < -0.4 is 5.56 Å². The van der Waals surface area contributed by atoms with Crippen LogP contribution in [0.3, 0.4) is 0 Å². The lowest BCUT2D eigenvalue weighted by Gasteiger charge is -2.14. The first-order valence-electron chi connectivity index (χ1n) is 7.52. The molecular weight excluding hydrogens is 354 g/mol. The van der Waals surface area contributed by atoms with Crippen molar-refractivity contribution in [1.29, 1.82) is 0 Å². The molecular formula is C16H13F4N5O. The van der Waals surface area contributed by atoms with Crippen molar-refractivity contribution in [3.8, 4) is 11.4 Å². The zero-order valence-corrected chi connectivity index (χ0v) is 13.7. The number of H-pyrrole nitrogens is 1. The van der Waals surface area contributed by atoms with E-state index >= 15 is 0 Å². The highest BCUT2D eigenvalue weighted by Gasteiger charge is 2.31. The largest absolute Gasteiger partial charge is 0.416 e. The van der Waals surface area contributed by atoms with Crippen LogP contribution in [-0.4, -0.2) is 25.0 Å². The second kappa shape index (κ2) is 6.36. The van der Waals surface area contributed by atoms with Crippen molar-refractivity contribution in [3.63, 3.8) is 0 Å². The molecule has 0 spiro atoms. The molecule has 0 aliphatic heterocycles. The molecule has 2 aromatic heterocycles. The first-order valence-corrected chi connectivity index (χ1v) is 7.52. The zero-order valence-electron chi connectivity index (χ0n) is 13.7. The Bertz CT molecular complexity index is 1010. The Hall–Kier alpha value is -3.04. The van der Waals surface area contributed by atoms with Gasteiger partial charge in [0, 0.05) is 11.6 Å². The number of aryl methyl sites for hydroxylation is 1. The standard InChI is InChI=1S/C16H13F4N5O/c1-8(11-4-3-10(5-12(11)17)16(18,19)20)25-21-7-14(24-25)13-6-15(26)23-9(2)22-13/h3-8H,1-2H3,(H,22,23,26)/t8-/m0/s1. The molecule has 10 heteroatoms. The van der Waals surface area contributed by atoms with Crippen LogP contribution in [0.2, 0.25) is 0 Å². The monoisotopic (exact) mass is 367 g/mol. The van der Waals surface area contributed by atoms with Gasteiger partial charge in [-0.3, -0.25) is 4.79 Å². The maximum absolute atomic E-state index is 14.1.